The summed E-state index contributed by atoms with van der Waals surface area (Å²) in [6, 6.07) is 3.72. The van der Waals surface area contributed by atoms with Gasteiger partial charge in [-0.3, -0.25) is 4.98 Å². The molecule has 6 rings (SSSR count). The summed E-state index contributed by atoms with van der Waals surface area (Å²) in [6.07, 6.45) is 6.62. The third kappa shape index (κ3) is 8.45. The van der Waals surface area contributed by atoms with Crippen molar-refractivity contribution in [3.63, 3.8) is 0 Å². The Morgan fingerprint density at radius 3 is 1.40 bits per heavy atom. The summed E-state index contributed by atoms with van der Waals surface area (Å²) in [5.41, 5.74) is 1.80. The maximum atomic E-state index is 8.86. The molecule has 0 aliphatic carbocycles. The molecule has 6 heterocycles. The lowest BCUT2D eigenvalue weighted by molar-refractivity contribution is 0.00578. The number of halogens is 1. The molecule has 0 radical (unpaired) electrons. The van der Waals surface area contributed by atoms with Crippen LogP contribution in [0, 0.1) is 0 Å². The van der Waals surface area contributed by atoms with Crippen molar-refractivity contribution >= 4 is 60.7 Å². The quantitative estimate of drug-likeness (QED) is 0.301. The van der Waals surface area contributed by atoms with E-state index in [9.17, 15) is 0 Å². The van der Waals surface area contributed by atoms with Crippen LogP contribution < -0.4 is 5.59 Å². The molecule has 0 atom stereocenters. The van der Waals surface area contributed by atoms with Gasteiger partial charge in [-0.1, -0.05) is 33.9 Å². The van der Waals surface area contributed by atoms with E-state index in [1.54, 1.807) is 10.8 Å². The van der Waals surface area contributed by atoms with E-state index in [-0.39, 0.29) is 50.3 Å². The highest BCUT2D eigenvalue weighted by Crippen LogP contribution is 2.42. The molecule has 2 fully saturated rings. The van der Waals surface area contributed by atoms with Gasteiger partial charge in [-0.2, -0.15) is 0 Å². The predicted octanol–water partition coefficient (Wildman–Crippen LogP) is 4.43. The Morgan fingerprint density at radius 1 is 0.667 bits per heavy atom. The Hall–Kier alpha value is -2.52. The molecule has 4 aromatic rings. The molecule has 0 spiro atoms. The normalized spacial score (nSPS) is 18.5. The van der Waals surface area contributed by atoms with Gasteiger partial charge in [-0.25, -0.2) is 15.0 Å². The summed E-state index contributed by atoms with van der Waals surface area (Å²) >= 11 is 5.66. The minimum Gasteiger partial charge on any atom is -0.422 e. The Bertz CT molecular complexity index is 1500. The van der Waals surface area contributed by atoms with Crippen LogP contribution in [-0.2, 0) is 32.7 Å². The molecule has 0 aromatic carbocycles. The van der Waals surface area contributed by atoms with E-state index in [4.69, 9.17) is 40.3 Å². The average Bonchev–Trinajstić information content (AvgIpc) is 3.56. The number of nitrogens with zero attached hydrogens (tertiary/aromatic N) is 6. The first kappa shape index (κ1) is 40.5. The largest absolute Gasteiger partial charge is 0.509 e. The zero-order valence-corrected chi connectivity index (χ0v) is 26.5. The molecule has 45 heavy (non-hydrogen) atoms. The highest BCUT2D eigenvalue weighted by atomic mass is 35.5. The molecule has 2 aliphatic heterocycles. The average molecular weight is 647 g/mol. The molecule has 2 aliphatic rings. The van der Waals surface area contributed by atoms with Gasteiger partial charge < -0.3 is 37.8 Å². The third-order valence-corrected chi connectivity index (χ3v) is 8.34. The van der Waals surface area contributed by atoms with Crippen LogP contribution in [-0.4, -0.2) is 82.7 Å². The second-order valence-electron chi connectivity index (χ2n) is 12.4. The summed E-state index contributed by atoms with van der Waals surface area (Å²) < 4.78 is 27.5. The van der Waals surface area contributed by atoms with Crippen LogP contribution in [0.3, 0.4) is 0 Å². The van der Waals surface area contributed by atoms with Crippen LogP contribution in [0.25, 0.3) is 22.3 Å². The van der Waals surface area contributed by atoms with Gasteiger partial charge >= 0.3 is 21.1 Å². The Balaban J connectivity index is 0.000000336. The van der Waals surface area contributed by atoms with E-state index >= 15 is 0 Å². The fourth-order valence-corrected chi connectivity index (χ4v) is 4.28. The van der Waals surface area contributed by atoms with Gasteiger partial charge in [-0.15, -0.1) is 0 Å². The SMILES string of the molecule is C.C.C.CC1(C)OB(B2OC(C)(C)C(C)(C)O2)OC1(C)C.Cn1ccc2ncc(B(O)O)nc21.Cn1ccc2ncc(Cl)nc21. The molecular formula is C29H50B3ClN6O6. The smallest absolute Gasteiger partial charge is 0.422 e. The second kappa shape index (κ2) is 14.5. The highest BCUT2D eigenvalue weighted by molar-refractivity contribution is 7.11. The van der Waals surface area contributed by atoms with Crippen molar-refractivity contribution in [3.05, 3.63) is 42.1 Å². The van der Waals surface area contributed by atoms with Crippen molar-refractivity contribution in [2.24, 2.45) is 14.1 Å². The molecule has 0 bridgehead atoms. The molecular weight excluding hydrogens is 596 g/mol. The molecule has 4 aromatic heterocycles. The van der Waals surface area contributed by atoms with Crippen LogP contribution in [0.15, 0.2) is 36.9 Å². The summed E-state index contributed by atoms with van der Waals surface area (Å²) in [7, 11) is 1.22. The molecule has 2 saturated heterocycles. The number of hydrogen-bond donors (Lipinski definition) is 2. The second-order valence-corrected chi connectivity index (χ2v) is 12.8. The van der Waals surface area contributed by atoms with Gasteiger partial charge in [0.1, 0.15) is 16.2 Å². The predicted molar refractivity (Wildman–Crippen MR) is 184 cm³/mol. The van der Waals surface area contributed by atoms with Crippen LogP contribution in [0.5, 0.6) is 0 Å². The van der Waals surface area contributed by atoms with Crippen molar-refractivity contribution in [1.29, 1.82) is 0 Å². The maximum Gasteiger partial charge on any atom is 0.509 e. The fourth-order valence-electron chi connectivity index (χ4n) is 4.15. The van der Waals surface area contributed by atoms with Gasteiger partial charge in [0.05, 0.1) is 34.2 Å². The minimum absolute atomic E-state index is 0. The number of aromatic nitrogens is 6. The van der Waals surface area contributed by atoms with E-state index in [0.29, 0.717) is 10.8 Å². The van der Waals surface area contributed by atoms with E-state index in [1.807, 2.05) is 98.6 Å². The third-order valence-electron chi connectivity index (χ3n) is 8.16. The van der Waals surface area contributed by atoms with Gasteiger partial charge in [-0.05, 0) is 67.5 Å². The number of rotatable bonds is 2. The Kier molecular flexibility index (Phi) is 13.1. The molecule has 0 amide bonds. The maximum absolute atomic E-state index is 8.86. The number of aryl methyl sites for hydroxylation is 2. The van der Waals surface area contributed by atoms with Crippen molar-refractivity contribution in [1.82, 2.24) is 29.1 Å². The molecule has 16 heteroatoms. The van der Waals surface area contributed by atoms with Crippen LogP contribution in [0.2, 0.25) is 5.15 Å². The lowest BCUT2D eigenvalue weighted by Gasteiger charge is -2.32. The highest BCUT2D eigenvalue weighted by Gasteiger charge is 2.63. The zero-order chi connectivity index (χ0) is 31.3. The van der Waals surface area contributed by atoms with Gasteiger partial charge in [0.2, 0.25) is 0 Å². The minimum atomic E-state index is -1.56. The topological polar surface area (TPSA) is 139 Å². The molecule has 12 nitrogen and oxygen atoms in total. The van der Waals surface area contributed by atoms with Gasteiger partial charge in [0, 0.05) is 32.7 Å². The van der Waals surface area contributed by atoms with E-state index in [2.05, 4.69) is 19.9 Å². The van der Waals surface area contributed by atoms with Crippen LogP contribution >= 0.6 is 11.6 Å². The van der Waals surface area contributed by atoms with Crippen molar-refractivity contribution in [3.8, 4) is 0 Å². The molecule has 0 saturated carbocycles. The van der Waals surface area contributed by atoms with Crippen molar-refractivity contribution < 1.29 is 28.7 Å². The zero-order valence-electron chi connectivity index (χ0n) is 25.8. The fraction of sp³-hybridized carbons (Fsp3) is 0.586. The van der Waals surface area contributed by atoms with E-state index in [1.165, 1.54) is 6.20 Å². The molecule has 0 unspecified atom stereocenters. The Morgan fingerprint density at radius 2 is 1.02 bits per heavy atom. The lowest BCUT2D eigenvalue weighted by atomic mass is 9.49. The summed E-state index contributed by atoms with van der Waals surface area (Å²) in [4.78, 5) is 16.2. The lowest BCUT2D eigenvalue weighted by Crippen LogP contribution is -2.41. The van der Waals surface area contributed by atoms with Crippen molar-refractivity contribution in [2.75, 3.05) is 0 Å². The van der Waals surface area contributed by atoms with E-state index < -0.39 is 21.1 Å². The van der Waals surface area contributed by atoms with Gasteiger partial charge in [0.25, 0.3) is 0 Å². The summed E-state index contributed by atoms with van der Waals surface area (Å²) in [5.74, 6) is 0. The summed E-state index contributed by atoms with van der Waals surface area (Å²) in [5, 5.41) is 18.1. The summed E-state index contributed by atoms with van der Waals surface area (Å²) in [6.45, 7) is 16.2. The Labute approximate surface area is 274 Å². The number of hydrogen-bond acceptors (Lipinski definition) is 10. The van der Waals surface area contributed by atoms with Crippen LogP contribution in [0.1, 0.15) is 77.7 Å². The first-order valence-electron chi connectivity index (χ1n) is 13.6. The standard InChI is InChI=1S/C12H24B2O4.C7H8BN3O2.C7H6ClN3.3CH4/c1-9(2)10(3,4)16-13(15-9)14-17-11(5,6)12(7,8)18-14;1-11-3-2-5-7(11)10-6(4-9-5)8(12)13;1-11-3-2-5-7(11)10-6(8)4-9-5;;;/h1-8H3;2-4,12-13H,1H3;2-4H,1H3;3*1H4. The molecule has 248 valence electrons. The first-order valence-corrected chi connectivity index (χ1v) is 14.0. The van der Waals surface area contributed by atoms with Gasteiger partial charge in [0.15, 0.2) is 11.3 Å². The van der Waals surface area contributed by atoms with E-state index in [0.717, 1.165) is 16.7 Å². The van der Waals surface area contributed by atoms with Crippen molar-refractivity contribution in [2.45, 2.75) is 100 Å². The monoisotopic (exact) mass is 646 g/mol. The van der Waals surface area contributed by atoms with Crippen LogP contribution in [0.4, 0.5) is 0 Å². The molecule has 2 N–H and O–H groups in total. The first-order chi connectivity index (χ1) is 19.3. The number of fused-ring (bicyclic) bond motifs is 2.